The normalized spacial score (nSPS) is 40.2. The predicted molar refractivity (Wildman–Crippen MR) is 64.3 cm³/mol. The summed E-state index contributed by atoms with van der Waals surface area (Å²) in [4.78, 5) is 1.51. The molecule has 2 saturated heterocycles. The smallest absolute Gasteiger partial charge is 0.160 e. The summed E-state index contributed by atoms with van der Waals surface area (Å²) in [5, 5.41) is 10.4. The summed E-state index contributed by atoms with van der Waals surface area (Å²) in [5.74, 6) is 0.374. The van der Waals surface area contributed by atoms with Crippen LogP contribution in [0, 0.1) is 5.92 Å². The highest BCUT2D eigenvalue weighted by atomic mass is 16.7. The molecule has 104 valence electrons. The number of aliphatic hydroxyl groups is 1. The summed E-state index contributed by atoms with van der Waals surface area (Å²) < 4.78 is 16.5. The Morgan fingerprint density at radius 3 is 2.33 bits per heavy atom. The summed E-state index contributed by atoms with van der Waals surface area (Å²) in [6, 6.07) is 0.381. The highest BCUT2D eigenvalue weighted by Gasteiger charge is 2.40. The van der Waals surface area contributed by atoms with Gasteiger partial charge in [0.1, 0.15) is 25.2 Å². The minimum atomic E-state index is -0.218. The molecule has 3 fully saturated rings. The van der Waals surface area contributed by atoms with Crippen LogP contribution in [-0.2, 0) is 14.2 Å². The molecule has 0 amide bonds. The summed E-state index contributed by atoms with van der Waals surface area (Å²) in [5.41, 5.74) is 0. The van der Waals surface area contributed by atoms with Crippen LogP contribution in [-0.4, -0.2) is 63.1 Å². The third kappa shape index (κ3) is 2.70. The van der Waals surface area contributed by atoms with E-state index in [9.17, 15) is 5.11 Å². The van der Waals surface area contributed by atoms with Crippen molar-refractivity contribution >= 4 is 0 Å². The van der Waals surface area contributed by atoms with Crippen LogP contribution in [0.2, 0.25) is 0 Å². The fourth-order valence-corrected chi connectivity index (χ4v) is 3.55. The molecule has 1 saturated carbocycles. The lowest BCUT2D eigenvalue weighted by Gasteiger charge is -2.39. The second-order valence-corrected chi connectivity index (χ2v) is 5.63. The van der Waals surface area contributed by atoms with Gasteiger partial charge in [-0.3, -0.25) is 0 Å². The minimum absolute atomic E-state index is 0.0692. The van der Waals surface area contributed by atoms with Crippen molar-refractivity contribution < 1.29 is 24.2 Å². The average molecular weight is 258 g/mol. The quantitative estimate of drug-likeness (QED) is 0.653. The van der Waals surface area contributed by atoms with Crippen LogP contribution in [0.3, 0.4) is 0 Å². The van der Waals surface area contributed by atoms with Gasteiger partial charge >= 0.3 is 0 Å². The zero-order chi connectivity index (χ0) is 12.4. The van der Waals surface area contributed by atoms with Crippen LogP contribution < -0.4 is 4.90 Å². The molecule has 3 rings (SSSR count). The Labute approximate surface area is 108 Å². The minimum Gasteiger partial charge on any atom is -0.387 e. The lowest BCUT2D eigenvalue weighted by atomic mass is 9.82. The standard InChI is InChI=1S/C13H23NO4/c15-12-9-10(13-17-7-8-18-13)1-2-11(12)14-3-5-16-6-4-14/h10-13,15H,1-9H2/p+1. The third-order valence-electron chi connectivity index (χ3n) is 4.55. The second-order valence-electron chi connectivity index (χ2n) is 5.63. The molecular weight excluding hydrogens is 234 g/mol. The van der Waals surface area contributed by atoms with Crippen molar-refractivity contribution in [1.82, 2.24) is 0 Å². The van der Waals surface area contributed by atoms with E-state index in [1.165, 1.54) is 4.90 Å². The van der Waals surface area contributed by atoms with E-state index in [1.54, 1.807) is 0 Å². The zero-order valence-corrected chi connectivity index (χ0v) is 10.8. The van der Waals surface area contributed by atoms with Crippen molar-refractivity contribution in [3.63, 3.8) is 0 Å². The van der Waals surface area contributed by atoms with E-state index in [2.05, 4.69) is 0 Å². The molecule has 0 radical (unpaired) electrons. The van der Waals surface area contributed by atoms with Gasteiger partial charge in [0.2, 0.25) is 0 Å². The fourth-order valence-electron chi connectivity index (χ4n) is 3.55. The van der Waals surface area contributed by atoms with E-state index in [1.807, 2.05) is 0 Å². The average Bonchev–Trinajstić information content (AvgIpc) is 2.93. The summed E-state index contributed by atoms with van der Waals surface area (Å²) >= 11 is 0. The van der Waals surface area contributed by atoms with E-state index in [-0.39, 0.29) is 12.4 Å². The predicted octanol–water partition coefficient (Wildman–Crippen LogP) is -1.20. The first-order chi connectivity index (χ1) is 8.84. The van der Waals surface area contributed by atoms with Gasteiger partial charge in [-0.2, -0.15) is 0 Å². The van der Waals surface area contributed by atoms with Crippen molar-refractivity contribution in [3.8, 4) is 0 Å². The monoisotopic (exact) mass is 258 g/mol. The van der Waals surface area contributed by atoms with Crippen LogP contribution in [0.15, 0.2) is 0 Å². The molecule has 3 unspecified atom stereocenters. The van der Waals surface area contributed by atoms with Gasteiger partial charge in [0.15, 0.2) is 6.29 Å². The Hall–Kier alpha value is -0.200. The van der Waals surface area contributed by atoms with Gasteiger partial charge in [-0.05, 0) is 12.8 Å². The van der Waals surface area contributed by atoms with Gasteiger partial charge in [0, 0.05) is 12.3 Å². The van der Waals surface area contributed by atoms with E-state index < -0.39 is 0 Å². The SMILES string of the molecule is OC1CC(C2OCCO2)CCC1[NH+]1CCOCC1. The van der Waals surface area contributed by atoms with Crippen molar-refractivity contribution in [2.75, 3.05) is 39.5 Å². The first-order valence-corrected chi connectivity index (χ1v) is 7.18. The van der Waals surface area contributed by atoms with Gasteiger partial charge in [0.05, 0.1) is 26.4 Å². The molecule has 2 heterocycles. The summed E-state index contributed by atoms with van der Waals surface area (Å²) in [6.07, 6.45) is 2.71. The molecule has 3 atom stereocenters. The molecule has 2 N–H and O–H groups in total. The van der Waals surface area contributed by atoms with Crippen molar-refractivity contribution in [2.45, 2.75) is 37.7 Å². The van der Waals surface area contributed by atoms with Crippen molar-refractivity contribution in [3.05, 3.63) is 0 Å². The Morgan fingerprint density at radius 2 is 1.67 bits per heavy atom. The molecule has 1 aliphatic carbocycles. The van der Waals surface area contributed by atoms with E-state index in [0.29, 0.717) is 25.2 Å². The molecule has 5 heteroatoms. The molecule has 0 spiro atoms. The van der Waals surface area contributed by atoms with Crippen molar-refractivity contribution in [2.24, 2.45) is 5.92 Å². The highest BCUT2D eigenvalue weighted by Crippen LogP contribution is 2.30. The Bertz CT molecular complexity index is 264. The third-order valence-corrected chi connectivity index (χ3v) is 4.55. The Balaban J connectivity index is 1.54. The number of hydrogen-bond acceptors (Lipinski definition) is 4. The Kier molecular flexibility index (Phi) is 4.16. The molecule has 5 nitrogen and oxygen atoms in total. The summed E-state index contributed by atoms with van der Waals surface area (Å²) in [7, 11) is 0. The number of hydrogen-bond donors (Lipinski definition) is 2. The number of morpholine rings is 1. The number of aliphatic hydroxyl groups excluding tert-OH is 1. The maximum atomic E-state index is 10.4. The molecule has 0 aromatic heterocycles. The molecule has 0 bridgehead atoms. The van der Waals surface area contributed by atoms with Gasteiger partial charge in [-0.15, -0.1) is 0 Å². The van der Waals surface area contributed by atoms with E-state index in [0.717, 1.165) is 45.6 Å². The molecule has 0 aromatic rings. The number of ether oxygens (including phenoxy) is 3. The molecule has 0 aromatic carbocycles. The molecular formula is C13H24NO4+. The number of nitrogens with one attached hydrogen (secondary N) is 1. The zero-order valence-electron chi connectivity index (χ0n) is 10.8. The highest BCUT2D eigenvalue weighted by molar-refractivity contribution is 4.82. The largest absolute Gasteiger partial charge is 0.387 e. The van der Waals surface area contributed by atoms with Crippen molar-refractivity contribution in [1.29, 1.82) is 0 Å². The molecule has 3 aliphatic rings. The van der Waals surface area contributed by atoms with Crippen LogP contribution in [0.25, 0.3) is 0 Å². The van der Waals surface area contributed by atoms with Crippen LogP contribution in [0.4, 0.5) is 0 Å². The van der Waals surface area contributed by atoms with E-state index in [4.69, 9.17) is 14.2 Å². The lowest BCUT2D eigenvalue weighted by Crippen LogP contribution is -3.19. The second kappa shape index (κ2) is 5.84. The molecule has 2 aliphatic heterocycles. The van der Waals surface area contributed by atoms with Gasteiger partial charge in [0.25, 0.3) is 0 Å². The number of quaternary nitrogens is 1. The van der Waals surface area contributed by atoms with Crippen LogP contribution in [0.5, 0.6) is 0 Å². The van der Waals surface area contributed by atoms with Gasteiger partial charge in [-0.25, -0.2) is 0 Å². The van der Waals surface area contributed by atoms with Gasteiger partial charge < -0.3 is 24.2 Å². The maximum absolute atomic E-state index is 10.4. The maximum Gasteiger partial charge on any atom is 0.160 e. The topological polar surface area (TPSA) is 52.4 Å². The number of rotatable bonds is 2. The summed E-state index contributed by atoms with van der Waals surface area (Å²) in [6.45, 7) is 5.13. The lowest BCUT2D eigenvalue weighted by molar-refractivity contribution is -0.937. The molecule has 18 heavy (non-hydrogen) atoms. The van der Waals surface area contributed by atoms with Crippen LogP contribution in [0.1, 0.15) is 19.3 Å². The first kappa shape index (κ1) is 12.8. The van der Waals surface area contributed by atoms with Crippen LogP contribution >= 0.6 is 0 Å². The van der Waals surface area contributed by atoms with Gasteiger partial charge in [-0.1, -0.05) is 0 Å². The Morgan fingerprint density at radius 1 is 0.944 bits per heavy atom. The van der Waals surface area contributed by atoms with E-state index >= 15 is 0 Å². The first-order valence-electron chi connectivity index (χ1n) is 7.18. The fraction of sp³-hybridized carbons (Fsp3) is 1.00.